The maximum Gasteiger partial charge on any atom is 0.185 e. The molecular weight excluding hydrogens is 342 g/mol. The average molecular weight is 367 g/mol. The van der Waals surface area contributed by atoms with Crippen molar-refractivity contribution < 1.29 is 19.4 Å². The minimum absolute atomic E-state index is 0.0636. The Morgan fingerprint density at radius 3 is 2.74 bits per heavy atom. The van der Waals surface area contributed by atoms with Crippen LogP contribution in [0.5, 0.6) is 11.5 Å². The number of aromatic hydroxyl groups is 1. The smallest absolute Gasteiger partial charge is 0.185 e. The molecule has 0 unspecified atom stereocenters. The summed E-state index contributed by atoms with van der Waals surface area (Å²) in [5, 5.41) is 10.6. The Balaban J connectivity index is 1.87. The predicted octanol–water partition coefficient (Wildman–Crippen LogP) is 3.44. The van der Waals surface area contributed by atoms with Crippen molar-refractivity contribution in [2.24, 2.45) is 0 Å². The lowest BCUT2D eigenvalue weighted by molar-refractivity contribution is 0.0338. The van der Waals surface area contributed by atoms with Crippen LogP contribution >= 0.6 is 0 Å². The molecule has 2 aromatic rings. The first-order valence-electron chi connectivity index (χ1n) is 9.06. The molecule has 5 nitrogen and oxygen atoms in total. The second-order valence-electron chi connectivity index (χ2n) is 6.64. The van der Waals surface area contributed by atoms with Crippen molar-refractivity contribution in [3.05, 3.63) is 64.7 Å². The lowest BCUT2D eigenvalue weighted by Crippen LogP contribution is -2.35. The fourth-order valence-corrected chi connectivity index (χ4v) is 3.16. The van der Waals surface area contributed by atoms with Crippen LogP contribution in [0.4, 0.5) is 0 Å². The molecule has 1 saturated heterocycles. The minimum atomic E-state index is -0.0636. The van der Waals surface area contributed by atoms with E-state index in [9.17, 15) is 9.90 Å². The molecule has 1 fully saturated rings. The monoisotopic (exact) mass is 367 g/mol. The highest BCUT2D eigenvalue weighted by atomic mass is 16.5. The van der Waals surface area contributed by atoms with E-state index in [2.05, 4.69) is 4.90 Å². The molecule has 0 aromatic heterocycles. The number of benzene rings is 2. The summed E-state index contributed by atoms with van der Waals surface area (Å²) in [6.45, 7) is 5.51. The van der Waals surface area contributed by atoms with Crippen LogP contribution in [-0.2, 0) is 11.3 Å². The first-order chi connectivity index (χ1) is 13.1. The molecule has 0 aliphatic carbocycles. The van der Waals surface area contributed by atoms with Gasteiger partial charge in [-0.1, -0.05) is 35.9 Å². The number of morpholine rings is 1. The van der Waals surface area contributed by atoms with Gasteiger partial charge in [-0.25, -0.2) is 0 Å². The summed E-state index contributed by atoms with van der Waals surface area (Å²) in [5.74, 6) is 0.487. The van der Waals surface area contributed by atoms with E-state index in [0.717, 1.165) is 29.8 Å². The van der Waals surface area contributed by atoms with E-state index in [1.54, 1.807) is 24.3 Å². The first kappa shape index (κ1) is 19.1. The van der Waals surface area contributed by atoms with Gasteiger partial charge >= 0.3 is 0 Å². The maximum absolute atomic E-state index is 12.5. The number of hydrogen-bond donors (Lipinski definition) is 1. The summed E-state index contributed by atoms with van der Waals surface area (Å²) in [6.07, 6.45) is 3.32. The minimum Gasteiger partial charge on any atom is -0.504 e. The van der Waals surface area contributed by atoms with E-state index in [1.807, 2.05) is 31.2 Å². The average Bonchev–Trinajstić information content (AvgIpc) is 2.69. The van der Waals surface area contributed by atoms with Gasteiger partial charge in [0.05, 0.1) is 20.3 Å². The van der Waals surface area contributed by atoms with Gasteiger partial charge in [-0.2, -0.15) is 0 Å². The third-order valence-electron chi connectivity index (χ3n) is 4.70. The largest absolute Gasteiger partial charge is 0.504 e. The molecule has 0 radical (unpaired) electrons. The SMILES string of the molecule is COc1ccc(/C=C/C(=O)c2cccc(C)c2)c(CN2CCOCC2)c1O. The van der Waals surface area contributed by atoms with E-state index in [0.29, 0.717) is 31.1 Å². The normalized spacial score (nSPS) is 15.2. The molecule has 142 valence electrons. The number of phenols is 1. The molecule has 1 aliphatic heterocycles. The molecule has 1 aliphatic rings. The van der Waals surface area contributed by atoms with E-state index in [4.69, 9.17) is 9.47 Å². The Labute approximate surface area is 159 Å². The van der Waals surface area contributed by atoms with Crippen LogP contribution in [0.25, 0.3) is 6.08 Å². The first-order valence-corrected chi connectivity index (χ1v) is 9.06. The van der Waals surface area contributed by atoms with Crippen LogP contribution in [-0.4, -0.2) is 49.2 Å². The summed E-state index contributed by atoms with van der Waals surface area (Å²) in [5.41, 5.74) is 3.26. The number of rotatable bonds is 6. The maximum atomic E-state index is 12.5. The molecule has 3 rings (SSSR count). The Morgan fingerprint density at radius 1 is 1.26 bits per heavy atom. The molecule has 0 atom stereocenters. The number of carbonyl (C=O) groups is 1. The van der Waals surface area contributed by atoms with Crippen LogP contribution in [0, 0.1) is 6.92 Å². The molecule has 0 amide bonds. The van der Waals surface area contributed by atoms with Gasteiger partial charge in [-0.15, -0.1) is 0 Å². The van der Waals surface area contributed by atoms with Crippen LogP contribution < -0.4 is 4.74 Å². The number of methoxy groups -OCH3 is 1. The quantitative estimate of drug-likeness (QED) is 0.626. The van der Waals surface area contributed by atoms with Crippen LogP contribution in [0.1, 0.15) is 27.0 Å². The number of nitrogens with zero attached hydrogens (tertiary/aromatic N) is 1. The summed E-state index contributed by atoms with van der Waals surface area (Å²) >= 11 is 0. The van der Waals surface area contributed by atoms with E-state index >= 15 is 0 Å². The number of allylic oxidation sites excluding steroid dienone is 1. The Bertz CT molecular complexity index is 838. The van der Waals surface area contributed by atoms with Crippen LogP contribution in [0.2, 0.25) is 0 Å². The number of ether oxygens (including phenoxy) is 2. The number of aryl methyl sites for hydroxylation is 1. The Kier molecular flexibility index (Phi) is 6.27. The van der Waals surface area contributed by atoms with E-state index in [1.165, 1.54) is 7.11 Å². The van der Waals surface area contributed by atoms with Crippen molar-refractivity contribution in [3.8, 4) is 11.5 Å². The van der Waals surface area contributed by atoms with Gasteiger partial charge in [0, 0.05) is 30.8 Å². The van der Waals surface area contributed by atoms with Crippen molar-refractivity contribution in [3.63, 3.8) is 0 Å². The van der Waals surface area contributed by atoms with Crippen molar-refractivity contribution in [2.75, 3.05) is 33.4 Å². The Morgan fingerprint density at radius 2 is 2.04 bits per heavy atom. The van der Waals surface area contributed by atoms with E-state index in [-0.39, 0.29) is 11.5 Å². The van der Waals surface area contributed by atoms with Gasteiger partial charge in [0.15, 0.2) is 17.3 Å². The second kappa shape index (κ2) is 8.84. The highest BCUT2D eigenvalue weighted by Crippen LogP contribution is 2.34. The molecule has 0 spiro atoms. The third kappa shape index (κ3) is 4.76. The fourth-order valence-electron chi connectivity index (χ4n) is 3.16. The molecular formula is C22H25NO4. The van der Waals surface area contributed by atoms with E-state index < -0.39 is 0 Å². The van der Waals surface area contributed by atoms with Gasteiger partial charge in [0.25, 0.3) is 0 Å². The van der Waals surface area contributed by atoms with Crippen molar-refractivity contribution in [1.29, 1.82) is 0 Å². The lowest BCUT2D eigenvalue weighted by Gasteiger charge is -2.27. The number of ketones is 1. The van der Waals surface area contributed by atoms with Crippen LogP contribution in [0.3, 0.4) is 0 Å². The van der Waals surface area contributed by atoms with Crippen molar-refractivity contribution in [2.45, 2.75) is 13.5 Å². The van der Waals surface area contributed by atoms with Crippen molar-refractivity contribution >= 4 is 11.9 Å². The highest BCUT2D eigenvalue weighted by molar-refractivity contribution is 6.07. The predicted molar refractivity (Wildman–Crippen MR) is 105 cm³/mol. The molecule has 0 bridgehead atoms. The van der Waals surface area contributed by atoms with Gasteiger partial charge in [-0.3, -0.25) is 9.69 Å². The molecule has 1 heterocycles. The van der Waals surface area contributed by atoms with Crippen LogP contribution in [0.15, 0.2) is 42.5 Å². The van der Waals surface area contributed by atoms with Gasteiger partial charge < -0.3 is 14.6 Å². The van der Waals surface area contributed by atoms with Crippen molar-refractivity contribution in [1.82, 2.24) is 4.90 Å². The second-order valence-corrected chi connectivity index (χ2v) is 6.64. The zero-order valence-corrected chi connectivity index (χ0v) is 15.8. The molecule has 2 aromatic carbocycles. The topological polar surface area (TPSA) is 59.0 Å². The standard InChI is InChI=1S/C22H25NO4/c1-16-4-3-5-18(14-16)20(24)8-6-17-7-9-21(26-2)22(25)19(17)15-23-10-12-27-13-11-23/h3-9,14,25H,10-13,15H2,1-2H3/b8-6+. The summed E-state index contributed by atoms with van der Waals surface area (Å²) < 4.78 is 10.6. The summed E-state index contributed by atoms with van der Waals surface area (Å²) in [7, 11) is 1.53. The highest BCUT2D eigenvalue weighted by Gasteiger charge is 2.17. The number of hydrogen-bond acceptors (Lipinski definition) is 5. The zero-order valence-electron chi connectivity index (χ0n) is 15.8. The molecule has 1 N–H and O–H groups in total. The molecule has 27 heavy (non-hydrogen) atoms. The Hall–Kier alpha value is -2.63. The van der Waals surface area contributed by atoms with Gasteiger partial charge in [0.1, 0.15) is 0 Å². The third-order valence-corrected chi connectivity index (χ3v) is 4.70. The molecule has 0 saturated carbocycles. The zero-order chi connectivity index (χ0) is 19.2. The summed E-state index contributed by atoms with van der Waals surface area (Å²) in [4.78, 5) is 14.7. The van der Waals surface area contributed by atoms with Gasteiger partial charge in [-0.05, 0) is 30.7 Å². The number of phenolic OH excluding ortho intramolecular Hbond substituents is 1. The fraction of sp³-hybridized carbons (Fsp3) is 0.318. The number of carbonyl (C=O) groups excluding carboxylic acids is 1. The molecule has 5 heteroatoms. The summed E-state index contributed by atoms with van der Waals surface area (Å²) in [6, 6.07) is 11.1. The lowest BCUT2D eigenvalue weighted by atomic mass is 10.0. The van der Waals surface area contributed by atoms with Gasteiger partial charge in [0.2, 0.25) is 0 Å².